The van der Waals surface area contributed by atoms with Crippen molar-refractivity contribution in [1.29, 1.82) is 0 Å². The van der Waals surface area contributed by atoms with Crippen LogP contribution >= 0.6 is 0 Å². The van der Waals surface area contributed by atoms with Crippen LogP contribution in [0.4, 0.5) is 5.69 Å². The Hall–Kier alpha value is -1.02. The van der Waals surface area contributed by atoms with Gasteiger partial charge in [0.1, 0.15) is 0 Å². The van der Waals surface area contributed by atoms with E-state index in [1.807, 2.05) is 0 Å². The quantitative estimate of drug-likeness (QED) is 0.897. The van der Waals surface area contributed by atoms with Crippen molar-refractivity contribution in [1.82, 2.24) is 5.32 Å². The predicted octanol–water partition coefficient (Wildman–Crippen LogP) is 3.80. The molecule has 0 radical (unpaired) electrons. The monoisotopic (exact) mass is 272 g/mol. The molecule has 2 unspecified atom stereocenters. The number of nitrogens with one attached hydrogen (secondary N) is 1. The highest BCUT2D eigenvalue weighted by molar-refractivity contribution is 5.57. The van der Waals surface area contributed by atoms with Gasteiger partial charge in [-0.15, -0.1) is 0 Å². The molecule has 20 heavy (non-hydrogen) atoms. The maximum absolute atomic E-state index is 3.74. The van der Waals surface area contributed by atoms with Gasteiger partial charge in [0.25, 0.3) is 0 Å². The second kappa shape index (κ2) is 5.77. The summed E-state index contributed by atoms with van der Waals surface area (Å²) in [4.78, 5) is 2.74. The minimum Gasteiger partial charge on any atom is -0.365 e. The zero-order valence-corrected chi connectivity index (χ0v) is 13.2. The zero-order chi connectivity index (χ0) is 14.1. The molecule has 1 aromatic carbocycles. The van der Waals surface area contributed by atoms with E-state index in [-0.39, 0.29) is 0 Å². The summed E-state index contributed by atoms with van der Waals surface area (Å²) in [6.45, 7) is 7.88. The fourth-order valence-corrected chi connectivity index (χ4v) is 4.18. The lowest BCUT2D eigenvalue weighted by Crippen LogP contribution is -2.49. The Labute approximate surface area is 123 Å². The number of benzene rings is 1. The molecule has 2 bridgehead atoms. The van der Waals surface area contributed by atoms with Crippen molar-refractivity contribution in [3.05, 3.63) is 29.3 Å². The molecule has 2 fully saturated rings. The number of fused-ring (bicyclic) bond motifs is 2. The van der Waals surface area contributed by atoms with E-state index in [1.165, 1.54) is 55.5 Å². The van der Waals surface area contributed by atoms with Gasteiger partial charge in [0.15, 0.2) is 0 Å². The fraction of sp³-hybridized carbons (Fsp3) is 0.667. The molecule has 3 rings (SSSR count). The summed E-state index contributed by atoms with van der Waals surface area (Å²) in [5.74, 6) is 0. The first-order chi connectivity index (χ1) is 9.69. The van der Waals surface area contributed by atoms with E-state index in [4.69, 9.17) is 0 Å². The Kier molecular flexibility index (Phi) is 4.02. The van der Waals surface area contributed by atoms with Crippen molar-refractivity contribution in [2.24, 2.45) is 0 Å². The van der Waals surface area contributed by atoms with Gasteiger partial charge in [-0.25, -0.2) is 0 Å². The summed E-state index contributed by atoms with van der Waals surface area (Å²) in [6, 6.07) is 9.19. The molecule has 0 aliphatic carbocycles. The average molecular weight is 272 g/mol. The second-order valence-corrected chi connectivity index (χ2v) is 6.70. The summed E-state index contributed by atoms with van der Waals surface area (Å²) >= 11 is 0. The van der Waals surface area contributed by atoms with E-state index in [2.05, 4.69) is 49.2 Å². The molecule has 2 atom stereocenters. The Morgan fingerprint density at radius 2 is 1.85 bits per heavy atom. The van der Waals surface area contributed by atoms with Gasteiger partial charge in [-0.1, -0.05) is 24.6 Å². The minimum atomic E-state index is 0.745. The summed E-state index contributed by atoms with van der Waals surface area (Å²) < 4.78 is 0. The largest absolute Gasteiger partial charge is 0.365 e. The number of rotatable bonds is 4. The van der Waals surface area contributed by atoms with Crippen molar-refractivity contribution in [3.8, 4) is 0 Å². The van der Waals surface area contributed by atoms with E-state index in [1.54, 1.807) is 0 Å². The molecular formula is C18H28N2. The lowest BCUT2D eigenvalue weighted by atomic mass is 9.95. The van der Waals surface area contributed by atoms with E-state index in [0.29, 0.717) is 0 Å². The summed E-state index contributed by atoms with van der Waals surface area (Å²) in [6.07, 6.45) is 6.64. The number of nitrogens with zero attached hydrogens (tertiary/aromatic N) is 1. The Morgan fingerprint density at radius 3 is 2.45 bits per heavy atom. The molecule has 0 aromatic heterocycles. The van der Waals surface area contributed by atoms with Crippen LogP contribution in [0.1, 0.15) is 50.2 Å². The van der Waals surface area contributed by atoms with Gasteiger partial charge in [-0.05, 0) is 64.1 Å². The van der Waals surface area contributed by atoms with Crippen LogP contribution in [0.15, 0.2) is 18.2 Å². The molecule has 2 aliphatic rings. The molecule has 2 aliphatic heterocycles. The van der Waals surface area contributed by atoms with Crippen LogP contribution in [0.25, 0.3) is 0 Å². The first kappa shape index (κ1) is 13.9. The molecule has 110 valence electrons. The first-order valence-electron chi connectivity index (χ1n) is 8.28. The smallest absolute Gasteiger partial charge is 0.0401 e. The second-order valence-electron chi connectivity index (χ2n) is 6.70. The molecule has 2 heteroatoms. The lowest BCUT2D eigenvalue weighted by Gasteiger charge is -2.41. The molecule has 2 heterocycles. The number of piperidine rings is 1. The number of anilines is 1. The summed E-state index contributed by atoms with van der Waals surface area (Å²) in [5, 5.41) is 3.74. The van der Waals surface area contributed by atoms with Gasteiger partial charge in [0.2, 0.25) is 0 Å². The van der Waals surface area contributed by atoms with Gasteiger partial charge in [-0.3, -0.25) is 0 Å². The molecule has 1 aromatic rings. The Bertz CT molecular complexity index is 454. The zero-order valence-electron chi connectivity index (χ0n) is 13.2. The van der Waals surface area contributed by atoms with E-state index in [9.17, 15) is 0 Å². The van der Waals surface area contributed by atoms with Crippen LogP contribution in [-0.2, 0) is 0 Å². The predicted molar refractivity (Wildman–Crippen MR) is 86.5 cm³/mol. The van der Waals surface area contributed by atoms with Crippen LogP contribution < -0.4 is 10.2 Å². The van der Waals surface area contributed by atoms with Gasteiger partial charge in [-0.2, -0.15) is 0 Å². The van der Waals surface area contributed by atoms with Crippen molar-refractivity contribution in [2.45, 2.75) is 71.0 Å². The van der Waals surface area contributed by atoms with E-state index in [0.717, 1.165) is 18.1 Å². The third-order valence-corrected chi connectivity index (χ3v) is 5.05. The standard InChI is InChI=1S/C18H28N2/c1-4-9-19-15-11-16-6-7-17(12-15)20(16)18-8-5-13(2)10-14(18)3/h5,8,10,15-17,19H,4,6-7,9,11-12H2,1-3H3. The number of hydrogen-bond donors (Lipinski definition) is 1. The highest BCUT2D eigenvalue weighted by Gasteiger charge is 2.40. The topological polar surface area (TPSA) is 15.3 Å². The molecule has 0 saturated carbocycles. The van der Waals surface area contributed by atoms with E-state index < -0.39 is 0 Å². The molecule has 2 saturated heterocycles. The lowest BCUT2D eigenvalue weighted by molar-refractivity contribution is 0.356. The highest BCUT2D eigenvalue weighted by atomic mass is 15.2. The van der Waals surface area contributed by atoms with Crippen molar-refractivity contribution in [2.75, 3.05) is 11.4 Å². The van der Waals surface area contributed by atoms with Gasteiger partial charge < -0.3 is 10.2 Å². The number of hydrogen-bond acceptors (Lipinski definition) is 2. The Morgan fingerprint density at radius 1 is 1.15 bits per heavy atom. The first-order valence-corrected chi connectivity index (χ1v) is 8.28. The normalized spacial score (nSPS) is 28.9. The van der Waals surface area contributed by atoms with Gasteiger partial charge >= 0.3 is 0 Å². The minimum absolute atomic E-state index is 0.745. The Balaban J connectivity index is 1.76. The molecule has 2 nitrogen and oxygen atoms in total. The van der Waals surface area contributed by atoms with Crippen LogP contribution in [-0.4, -0.2) is 24.7 Å². The van der Waals surface area contributed by atoms with Crippen molar-refractivity contribution >= 4 is 5.69 Å². The SMILES string of the molecule is CCCNC1CC2CCC(C1)N2c1ccc(C)cc1C. The fourth-order valence-electron chi connectivity index (χ4n) is 4.18. The van der Waals surface area contributed by atoms with Crippen LogP contribution in [0.5, 0.6) is 0 Å². The van der Waals surface area contributed by atoms with Crippen LogP contribution in [0.3, 0.4) is 0 Å². The van der Waals surface area contributed by atoms with Crippen molar-refractivity contribution in [3.63, 3.8) is 0 Å². The van der Waals surface area contributed by atoms with Gasteiger partial charge in [0.05, 0.1) is 0 Å². The third kappa shape index (κ3) is 2.58. The van der Waals surface area contributed by atoms with Crippen molar-refractivity contribution < 1.29 is 0 Å². The van der Waals surface area contributed by atoms with E-state index >= 15 is 0 Å². The third-order valence-electron chi connectivity index (χ3n) is 5.05. The van der Waals surface area contributed by atoms with Gasteiger partial charge in [0, 0.05) is 23.8 Å². The maximum Gasteiger partial charge on any atom is 0.0401 e. The summed E-state index contributed by atoms with van der Waals surface area (Å²) in [7, 11) is 0. The molecule has 1 N–H and O–H groups in total. The highest BCUT2D eigenvalue weighted by Crippen LogP contribution is 2.40. The van der Waals surface area contributed by atoms with Crippen LogP contribution in [0.2, 0.25) is 0 Å². The molecule has 0 amide bonds. The van der Waals surface area contributed by atoms with Crippen LogP contribution in [0, 0.1) is 13.8 Å². The summed E-state index contributed by atoms with van der Waals surface area (Å²) in [5.41, 5.74) is 4.30. The maximum atomic E-state index is 3.74. The number of aryl methyl sites for hydroxylation is 2. The molecular weight excluding hydrogens is 244 g/mol. The molecule has 0 spiro atoms. The average Bonchev–Trinajstić information content (AvgIpc) is 2.68.